The van der Waals surface area contributed by atoms with Gasteiger partial charge in [0.25, 0.3) is 5.91 Å². The number of benzene rings is 2. The first-order valence-electron chi connectivity index (χ1n) is 9.47. The lowest BCUT2D eigenvalue weighted by Crippen LogP contribution is -2.90. The predicted molar refractivity (Wildman–Crippen MR) is 101 cm³/mol. The highest BCUT2D eigenvalue weighted by molar-refractivity contribution is 6.21. The van der Waals surface area contributed by atoms with Crippen LogP contribution < -0.4 is 24.4 Å². The van der Waals surface area contributed by atoms with Gasteiger partial charge in [0, 0.05) is 5.56 Å². The van der Waals surface area contributed by atoms with E-state index in [4.69, 9.17) is 14.2 Å². The molecule has 0 spiro atoms. The fraction of sp³-hybridized carbons (Fsp3) is 0.333. The smallest absolute Gasteiger partial charge is 0.292 e. The lowest BCUT2D eigenvalue weighted by atomic mass is 10.1. The highest BCUT2D eigenvalue weighted by Crippen LogP contribution is 2.32. The normalized spacial score (nSPS) is 18.0. The molecule has 2 amide bonds. The number of rotatable bonds is 7. The first-order valence-corrected chi connectivity index (χ1v) is 9.47. The highest BCUT2D eigenvalue weighted by Gasteiger charge is 2.42. The summed E-state index contributed by atoms with van der Waals surface area (Å²) in [5.74, 6) is 1.81. The summed E-state index contributed by atoms with van der Waals surface area (Å²) in [6.45, 7) is 3.49. The van der Waals surface area contributed by atoms with Crippen molar-refractivity contribution in [3.05, 3.63) is 48.0 Å². The van der Waals surface area contributed by atoms with Crippen LogP contribution in [-0.4, -0.2) is 31.3 Å². The molecule has 4 rings (SSSR count). The van der Waals surface area contributed by atoms with Crippen LogP contribution in [0.1, 0.15) is 25.3 Å². The summed E-state index contributed by atoms with van der Waals surface area (Å²) in [7, 11) is 0. The number of quaternary nitrogens is 1. The zero-order valence-corrected chi connectivity index (χ0v) is 15.7. The number of carbonyl (C=O) groups is 2. The van der Waals surface area contributed by atoms with E-state index in [0.29, 0.717) is 24.6 Å². The van der Waals surface area contributed by atoms with Gasteiger partial charge in [0.2, 0.25) is 12.7 Å². The van der Waals surface area contributed by atoms with Gasteiger partial charge in [0.1, 0.15) is 12.3 Å². The van der Waals surface area contributed by atoms with Crippen LogP contribution in [0.15, 0.2) is 42.5 Å². The summed E-state index contributed by atoms with van der Waals surface area (Å²) in [6.07, 6.45) is 1.11. The van der Waals surface area contributed by atoms with Crippen molar-refractivity contribution in [2.24, 2.45) is 0 Å². The van der Waals surface area contributed by atoms with Crippen molar-refractivity contribution in [1.29, 1.82) is 0 Å². The molecule has 2 aromatic carbocycles. The number of ether oxygens (including phenoxy) is 3. The summed E-state index contributed by atoms with van der Waals surface area (Å²) >= 11 is 0. The van der Waals surface area contributed by atoms with Crippen LogP contribution in [0, 0.1) is 0 Å². The molecule has 7 nitrogen and oxygen atoms in total. The molecule has 2 aliphatic heterocycles. The van der Waals surface area contributed by atoms with E-state index in [1.807, 2.05) is 30.4 Å². The molecule has 1 saturated heterocycles. The Balaban J connectivity index is 1.39. The van der Waals surface area contributed by atoms with E-state index in [0.717, 1.165) is 23.5 Å². The molecule has 1 atom stereocenters. The molecule has 28 heavy (non-hydrogen) atoms. The number of imide groups is 1. The van der Waals surface area contributed by atoms with Gasteiger partial charge in [0.05, 0.1) is 18.7 Å². The second-order valence-corrected chi connectivity index (χ2v) is 6.85. The highest BCUT2D eigenvalue weighted by atomic mass is 16.7. The van der Waals surface area contributed by atoms with Crippen molar-refractivity contribution in [3.63, 3.8) is 0 Å². The Morgan fingerprint density at radius 2 is 1.89 bits per heavy atom. The minimum Gasteiger partial charge on any atom is -0.494 e. The molecule has 0 aliphatic carbocycles. The predicted octanol–water partition coefficient (Wildman–Crippen LogP) is 1.60. The van der Waals surface area contributed by atoms with Crippen molar-refractivity contribution in [2.75, 3.05) is 18.3 Å². The summed E-state index contributed by atoms with van der Waals surface area (Å²) in [4.78, 5) is 26.5. The van der Waals surface area contributed by atoms with E-state index in [9.17, 15) is 9.59 Å². The Morgan fingerprint density at radius 1 is 1.11 bits per heavy atom. The average molecular weight is 383 g/mol. The van der Waals surface area contributed by atoms with Crippen LogP contribution in [0.2, 0.25) is 0 Å². The lowest BCUT2D eigenvalue weighted by Gasteiger charge is -2.15. The Labute approximate surface area is 163 Å². The van der Waals surface area contributed by atoms with E-state index >= 15 is 0 Å². The first kappa shape index (κ1) is 18.3. The monoisotopic (exact) mass is 383 g/mol. The number of hydrogen-bond acceptors (Lipinski definition) is 5. The third kappa shape index (κ3) is 3.66. The van der Waals surface area contributed by atoms with Gasteiger partial charge in [-0.1, -0.05) is 6.92 Å². The number of hydrogen-bond donors (Lipinski definition) is 1. The summed E-state index contributed by atoms with van der Waals surface area (Å²) in [5.41, 5.74) is 1.60. The SMILES string of the molecule is CCCOc1ccc(N2C(=O)C[C@@H]([NH2+]Cc3ccc4c(c3)OCO4)C2=O)cc1. The molecule has 2 N–H and O–H groups in total. The molecule has 1 fully saturated rings. The molecule has 2 heterocycles. The third-order valence-electron chi connectivity index (χ3n) is 4.82. The molecular weight excluding hydrogens is 360 g/mol. The molecule has 0 aromatic heterocycles. The first-order chi connectivity index (χ1) is 13.7. The minimum absolute atomic E-state index is 0.181. The fourth-order valence-corrected chi connectivity index (χ4v) is 3.37. The number of fused-ring (bicyclic) bond motifs is 1. The van der Waals surface area contributed by atoms with Gasteiger partial charge in [-0.05, 0) is 48.9 Å². The molecule has 7 heteroatoms. The third-order valence-corrected chi connectivity index (χ3v) is 4.82. The number of nitrogens with two attached hydrogens (primary N) is 1. The van der Waals surface area contributed by atoms with E-state index in [1.54, 1.807) is 24.3 Å². The molecule has 146 valence electrons. The van der Waals surface area contributed by atoms with E-state index < -0.39 is 6.04 Å². The topological polar surface area (TPSA) is 81.7 Å². The van der Waals surface area contributed by atoms with Gasteiger partial charge >= 0.3 is 0 Å². The van der Waals surface area contributed by atoms with Gasteiger partial charge in [0.15, 0.2) is 17.5 Å². The van der Waals surface area contributed by atoms with Crippen LogP contribution in [0.3, 0.4) is 0 Å². The summed E-state index contributed by atoms with van der Waals surface area (Å²) in [6, 6.07) is 12.4. The maximum absolute atomic E-state index is 12.8. The largest absolute Gasteiger partial charge is 0.494 e. The molecule has 0 radical (unpaired) electrons. The quantitative estimate of drug-likeness (QED) is 0.735. The van der Waals surface area contributed by atoms with Crippen LogP contribution in [0.25, 0.3) is 0 Å². The molecular formula is C21H23N2O5+. The van der Waals surface area contributed by atoms with Crippen LogP contribution in [-0.2, 0) is 16.1 Å². The second-order valence-electron chi connectivity index (χ2n) is 6.85. The minimum atomic E-state index is -0.422. The van der Waals surface area contributed by atoms with Crippen molar-refractivity contribution in [2.45, 2.75) is 32.4 Å². The van der Waals surface area contributed by atoms with E-state index in [-0.39, 0.29) is 25.0 Å². The van der Waals surface area contributed by atoms with E-state index in [2.05, 4.69) is 0 Å². The maximum atomic E-state index is 12.8. The standard InChI is InChI=1S/C21H22N2O5/c1-2-9-26-16-6-4-15(5-7-16)23-20(24)11-17(21(23)25)22-12-14-3-8-18-19(10-14)28-13-27-18/h3-8,10,17,22H,2,9,11-13H2,1H3/p+1/t17-/m1/s1. The molecule has 0 unspecified atom stereocenters. The van der Waals surface area contributed by atoms with Crippen LogP contribution in [0.4, 0.5) is 5.69 Å². The van der Waals surface area contributed by atoms with Crippen LogP contribution in [0.5, 0.6) is 17.2 Å². The van der Waals surface area contributed by atoms with Crippen molar-refractivity contribution in [1.82, 2.24) is 0 Å². The number of amides is 2. The zero-order valence-electron chi connectivity index (χ0n) is 15.7. The zero-order chi connectivity index (χ0) is 19.5. The van der Waals surface area contributed by atoms with Gasteiger partial charge in [-0.2, -0.15) is 0 Å². The van der Waals surface area contributed by atoms with Gasteiger partial charge in [-0.15, -0.1) is 0 Å². The lowest BCUT2D eigenvalue weighted by molar-refractivity contribution is -0.690. The molecule has 2 aliphatic rings. The van der Waals surface area contributed by atoms with Gasteiger partial charge in [-0.25, -0.2) is 4.90 Å². The van der Waals surface area contributed by atoms with Crippen molar-refractivity contribution < 1.29 is 29.1 Å². The Hall–Kier alpha value is -3.06. The Bertz CT molecular complexity index is 881. The Morgan fingerprint density at radius 3 is 2.68 bits per heavy atom. The average Bonchev–Trinajstić information content (AvgIpc) is 3.28. The maximum Gasteiger partial charge on any atom is 0.292 e. The fourth-order valence-electron chi connectivity index (χ4n) is 3.37. The summed E-state index contributed by atoms with van der Waals surface area (Å²) < 4.78 is 16.2. The van der Waals surface area contributed by atoms with Crippen molar-refractivity contribution in [3.8, 4) is 17.2 Å². The Kier molecular flexibility index (Phi) is 5.16. The van der Waals surface area contributed by atoms with E-state index in [1.165, 1.54) is 4.90 Å². The van der Waals surface area contributed by atoms with Crippen molar-refractivity contribution >= 4 is 17.5 Å². The number of anilines is 1. The van der Waals surface area contributed by atoms with Gasteiger partial charge < -0.3 is 19.5 Å². The summed E-state index contributed by atoms with van der Waals surface area (Å²) in [5, 5.41) is 1.90. The van der Waals surface area contributed by atoms with Gasteiger partial charge in [-0.3, -0.25) is 9.59 Å². The molecule has 2 aromatic rings. The second kappa shape index (κ2) is 7.90. The van der Waals surface area contributed by atoms with Crippen LogP contribution >= 0.6 is 0 Å². The molecule has 0 bridgehead atoms. The number of carbonyl (C=O) groups excluding carboxylic acids is 2. The molecule has 0 saturated carbocycles. The number of nitrogens with zero attached hydrogens (tertiary/aromatic N) is 1.